The highest BCUT2D eigenvalue weighted by atomic mass is 16.2. The number of carbonyl (C=O) groups excluding carboxylic acids is 1. The summed E-state index contributed by atoms with van der Waals surface area (Å²) in [7, 11) is 0. The van der Waals surface area contributed by atoms with Gasteiger partial charge in [0, 0.05) is 6.54 Å². The van der Waals surface area contributed by atoms with Crippen LogP contribution in [-0.4, -0.2) is 27.3 Å². The molecule has 3 aromatic carbocycles. The maximum absolute atomic E-state index is 13.3. The quantitative estimate of drug-likeness (QED) is 0.449. The summed E-state index contributed by atoms with van der Waals surface area (Å²) in [5.74, 6) is 0.913. The molecule has 31 heavy (non-hydrogen) atoms. The summed E-state index contributed by atoms with van der Waals surface area (Å²) in [5.41, 5.74) is 6.62. The number of H-pyrrole nitrogens is 1. The molecular weight excluding hydrogens is 382 g/mol. The number of aromatic nitrogens is 2. The third-order valence-corrected chi connectivity index (χ3v) is 6.41. The van der Waals surface area contributed by atoms with Crippen molar-refractivity contribution >= 4 is 16.9 Å². The number of carbonyl (C=O) groups is 1. The number of hydrogen-bond acceptors (Lipinski definition) is 2. The van der Waals surface area contributed by atoms with Crippen LogP contribution in [0.4, 0.5) is 0 Å². The number of likely N-dealkylation sites (tertiary alicyclic amines) is 1. The molecule has 4 nitrogen and oxygen atoms in total. The van der Waals surface area contributed by atoms with Crippen LogP contribution < -0.4 is 0 Å². The van der Waals surface area contributed by atoms with E-state index in [0.717, 1.165) is 47.4 Å². The molecule has 4 aromatic rings. The van der Waals surface area contributed by atoms with Gasteiger partial charge >= 0.3 is 0 Å². The van der Waals surface area contributed by atoms with Gasteiger partial charge in [-0.3, -0.25) is 4.79 Å². The SMILES string of the molecule is Cc1ccc(-c2ccc3[nH]c([C@@H]4CCCN4C(=O)[C@H](C)c4ccccc4)nc3c2)cc1. The summed E-state index contributed by atoms with van der Waals surface area (Å²) >= 11 is 0. The zero-order valence-corrected chi connectivity index (χ0v) is 18.0. The van der Waals surface area contributed by atoms with Crippen molar-refractivity contribution in [2.24, 2.45) is 0 Å². The van der Waals surface area contributed by atoms with E-state index < -0.39 is 0 Å². The molecule has 1 fully saturated rings. The number of nitrogens with one attached hydrogen (secondary N) is 1. The van der Waals surface area contributed by atoms with Gasteiger partial charge in [-0.1, -0.05) is 66.2 Å². The topological polar surface area (TPSA) is 49.0 Å². The van der Waals surface area contributed by atoms with Crippen molar-refractivity contribution < 1.29 is 4.79 Å². The lowest BCUT2D eigenvalue weighted by molar-refractivity contribution is -0.133. The molecule has 0 saturated carbocycles. The Balaban J connectivity index is 1.42. The van der Waals surface area contributed by atoms with Crippen LogP contribution in [0.5, 0.6) is 0 Å². The molecule has 5 rings (SSSR count). The number of imidazole rings is 1. The monoisotopic (exact) mass is 409 g/mol. The fourth-order valence-corrected chi connectivity index (χ4v) is 4.56. The minimum Gasteiger partial charge on any atom is -0.340 e. The van der Waals surface area contributed by atoms with E-state index in [9.17, 15) is 4.79 Å². The largest absolute Gasteiger partial charge is 0.340 e. The molecule has 4 heteroatoms. The van der Waals surface area contributed by atoms with Gasteiger partial charge in [0.15, 0.2) is 0 Å². The van der Waals surface area contributed by atoms with Gasteiger partial charge in [-0.2, -0.15) is 0 Å². The molecule has 1 amide bonds. The molecule has 0 bridgehead atoms. The maximum Gasteiger partial charge on any atom is 0.230 e. The molecule has 1 aliphatic heterocycles. The third-order valence-electron chi connectivity index (χ3n) is 6.41. The van der Waals surface area contributed by atoms with E-state index in [0.29, 0.717) is 0 Å². The smallest absolute Gasteiger partial charge is 0.230 e. The highest BCUT2D eigenvalue weighted by Gasteiger charge is 2.34. The zero-order chi connectivity index (χ0) is 21.4. The van der Waals surface area contributed by atoms with Crippen LogP contribution in [0, 0.1) is 6.92 Å². The van der Waals surface area contributed by atoms with Crippen LogP contribution in [0.15, 0.2) is 72.8 Å². The van der Waals surface area contributed by atoms with Crippen LogP contribution in [0.1, 0.15) is 48.7 Å². The summed E-state index contributed by atoms with van der Waals surface area (Å²) < 4.78 is 0. The van der Waals surface area contributed by atoms with Gasteiger partial charge in [0.1, 0.15) is 5.82 Å². The number of aryl methyl sites for hydroxylation is 1. The third kappa shape index (κ3) is 3.74. The number of fused-ring (bicyclic) bond motifs is 1. The summed E-state index contributed by atoms with van der Waals surface area (Å²) in [6.07, 6.45) is 1.95. The summed E-state index contributed by atoms with van der Waals surface area (Å²) in [6.45, 7) is 4.88. The minimum atomic E-state index is -0.153. The molecule has 1 N–H and O–H groups in total. The van der Waals surface area contributed by atoms with Crippen LogP contribution in [-0.2, 0) is 4.79 Å². The van der Waals surface area contributed by atoms with Crippen LogP contribution >= 0.6 is 0 Å². The predicted molar refractivity (Wildman–Crippen MR) is 125 cm³/mol. The van der Waals surface area contributed by atoms with Crippen molar-refractivity contribution in [1.29, 1.82) is 0 Å². The van der Waals surface area contributed by atoms with Crippen molar-refractivity contribution in [2.45, 2.75) is 38.6 Å². The number of benzene rings is 3. The van der Waals surface area contributed by atoms with Gasteiger partial charge in [-0.25, -0.2) is 4.98 Å². The van der Waals surface area contributed by atoms with E-state index in [1.165, 1.54) is 11.1 Å². The first-order valence-corrected chi connectivity index (χ1v) is 11.0. The Morgan fingerprint density at radius 3 is 2.55 bits per heavy atom. The van der Waals surface area contributed by atoms with Crippen LogP contribution in [0.25, 0.3) is 22.2 Å². The molecule has 1 aromatic heterocycles. The second-order valence-corrected chi connectivity index (χ2v) is 8.54. The van der Waals surface area contributed by atoms with Gasteiger partial charge in [0.05, 0.1) is 23.0 Å². The molecule has 0 radical (unpaired) electrons. The fraction of sp³-hybridized carbons (Fsp3) is 0.259. The van der Waals surface area contributed by atoms with E-state index in [-0.39, 0.29) is 17.9 Å². The Hall–Kier alpha value is -3.40. The van der Waals surface area contributed by atoms with Crippen molar-refractivity contribution in [3.63, 3.8) is 0 Å². The zero-order valence-electron chi connectivity index (χ0n) is 18.0. The Labute approximate surface area is 182 Å². The molecule has 156 valence electrons. The van der Waals surface area contributed by atoms with E-state index in [1.54, 1.807) is 0 Å². The lowest BCUT2D eigenvalue weighted by atomic mass is 9.99. The lowest BCUT2D eigenvalue weighted by Gasteiger charge is -2.26. The first-order valence-electron chi connectivity index (χ1n) is 11.0. The number of amides is 1. The summed E-state index contributed by atoms with van der Waals surface area (Å²) in [6, 6.07) is 24.9. The van der Waals surface area contributed by atoms with Gasteiger partial charge in [-0.05, 0) is 55.5 Å². The summed E-state index contributed by atoms with van der Waals surface area (Å²) in [4.78, 5) is 23.7. The molecular formula is C27H27N3O. The lowest BCUT2D eigenvalue weighted by Crippen LogP contribution is -2.34. The van der Waals surface area contributed by atoms with Crippen LogP contribution in [0.3, 0.4) is 0 Å². The minimum absolute atomic E-state index is 0.00823. The van der Waals surface area contributed by atoms with E-state index in [2.05, 4.69) is 54.4 Å². The average Bonchev–Trinajstić information content (AvgIpc) is 3.45. The maximum atomic E-state index is 13.3. The summed E-state index contributed by atoms with van der Waals surface area (Å²) in [5, 5.41) is 0. The highest BCUT2D eigenvalue weighted by molar-refractivity contribution is 5.85. The Kier molecular flexibility index (Phi) is 5.06. The van der Waals surface area contributed by atoms with Gasteiger partial charge in [0.25, 0.3) is 0 Å². The average molecular weight is 410 g/mol. The number of rotatable bonds is 4. The standard InChI is InChI=1S/C27H27N3O/c1-18-10-12-21(13-11-18)22-14-15-23-24(17-22)29-26(28-23)25-9-6-16-30(25)27(31)19(2)20-7-4-3-5-8-20/h3-5,7-8,10-15,17,19,25H,6,9,16H2,1-2H3,(H,28,29)/t19-,25+/m1/s1. The number of hydrogen-bond donors (Lipinski definition) is 1. The van der Waals surface area contributed by atoms with E-state index >= 15 is 0 Å². The predicted octanol–water partition coefficient (Wildman–Crippen LogP) is 6.01. The van der Waals surface area contributed by atoms with Gasteiger partial charge in [0.2, 0.25) is 5.91 Å². The normalized spacial score (nSPS) is 17.2. The van der Waals surface area contributed by atoms with Crippen molar-refractivity contribution in [1.82, 2.24) is 14.9 Å². The Bertz CT molecular complexity index is 1210. The molecule has 0 spiro atoms. The van der Waals surface area contributed by atoms with E-state index in [1.807, 2.05) is 42.2 Å². The van der Waals surface area contributed by atoms with Crippen LogP contribution in [0.2, 0.25) is 0 Å². The van der Waals surface area contributed by atoms with Crippen molar-refractivity contribution in [3.8, 4) is 11.1 Å². The molecule has 1 aliphatic rings. The highest BCUT2D eigenvalue weighted by Crippen LogP contribution is 2.35. The first-order chi connectivity index (χ1) is 15.1. The van der Waals surface area contributed by atoms with Gasteiger partial charge in [-0.15, -0.1) is 0 Å². The Morgan fingerprint density at radius 1 is 1.03 bits per heavy atom. The van der Waals surface area contributed by atoms with E-state index in [4.69, 9.17) is 4.98 Å². The van der Waals surface area contributed by atoms with Crippen molar-refractivity contribution in [2.75, 3.05) is 6.54 Å². The molecule has 0 aliphatic carbocycles. The molecule has 2 atom stereocenters. The number of nitrogens with zero attached hydrogens (tertiary/aromatic N) is 2. The molecule has 1 saturated heterocycles. The Morgan fingerprint density at radius 2 is 1.77 bits per heavy atom. The van der Waals surface area contributed by atoms with Gasteiger partial charge < -0.3 is 9.88 Å². The second kappa shape index (κ2) is 8.03. The second-order valence-electron chi connectivity index (χ2n) is 8.54. The molecule has 0 unspecified atom stereocenters. The first kappa shape index (κ1) is 19.6. The number of aromatic amines is 1. The van der Waals surface area contributed by atoms with Crippen molar-refractivity contribution in [3.05, 3.63) is 89.7 Å². The molecule has 2 heterocycles. The fourth-order valence-electron chi connectivity index (χ4n) is 4.56.